The lowest BCUT2D eigenvalue weighted by Crippen LogP contribution is -2.42. The van der Waals surface area contributed by atoms with E-state index in [0.29, 0.717) is 12.8 Å². The van der Waals surface area contributed by atoms with Crippen LogP contribution in [-0.2, 0) is 22.4 Å². The van der Waals surface area contributed by atoms with Crippen LogP contribution >= 0.6 is 12.2 Å². The smallest absolute Gasteiger partial charge is 0.230 e. The summed E-state index contributed by atoms with van der Waals surface area (Å²) in [4.78, 5) is 23.7. The molecule has 0 radical (unpaired) electrons. The van der Waals surface area contributed by atoms with E-state index in [9.17, 15) is 9.59 Å². The zero-order chi connectivity index (χ0) is 17.2. The lowest BCUT2D eigenvalue weighted by atomic mass is 10.1. The Morgan fingerprint density at radius 1 is 0.875 bits per heavy atom. The van der Waals surface area contributed by atoms with Gasteiger partial charge in [-0.1, -0.05) is 60.7 Å². The highest BCUT2D eigenvalue weighted by atomic mass is 32.1. The van der Waals surface area contributed by atoms with Gasteiger partial charge in [0.1, 0.15) is 0 Å². The van der Waals surface area contributed by atoms with Crippen LogP contribution < -0.4 is 10.6 Å². The molecule has 24 heavy (non-hydrogen) atoms. The minimum absolute atomic E-state index is 0.0542. The lowest BCUT2D eigenvalue weighted by Gasteiger charge is -2.09. The highest BCUT2D eigenvalue weighted by Gasteiger charge is 2.07. The molecule has 124 valence electrons. The second-order valence-corrected chi connectivity index (χ2v) is 5.83. The standard InChI is InChI=1S/C19H20N2O2S/c22-17(12-11-15-7-3-1-4-8-15)14-20-19(24)21-18(23)13-16-9-5-2-6-10-16/h1-10H,11-14H2,(H2,20,21,23,24). The van der Waals surface area contributed by atoms with Crippen LogP contribution in [0.15, 0.2) is 60.7 Å². The molecule has 0 aliphatic heterocycles. The van der Waals surface area contributed by atoms with Gasteiger partial charge in [-0.05, 0) is 29.8 Å². The number of rotatable bonds is 7. The van der Waals surface area contributed by atoms with Crippen LogP contribution in [0.5, 0.6) is 0 Å². The molecule has 0 spiro atoms. The molecular weight excluding hydrogens is 320 g/mol. The summed E-state index contributed by atoms with van der Waals surface area (Å²) in [6.07, 6.45) is 1.40. The van der Waals surface area contributed by atoms with Crippen LogP contribution in [0, 0.1) is 0 Å². The Hall–Kier alpha value is -2.53. The first kappa shape index (κ1) is 17.8. The van der Waals surface area contributed by atoms with E-state index in [4.69, 9.17) is 12.2 Å². The summed E-state index contributed by atoms with van der Waals surface area (Å²) in [5, 5.41) is 5.56. The van der Waals surface area contributed by atoms with Gasteiger partial charge in [0.2, 0.25) is 5.91 Å². The maximum Gasteiger partial charge on any atom is 0.230 e. The van der Waals surface area contributed by atoms with E-state index in [1.54, 1.807) is 0 Å². The van der Waals surface area contributed by atoms with Crippen LogP contribution in [0.25, 0.3) is 0 Å². The number of carbonyl (C=O) groups is 2. The van der Waals surface area contributed by atoms with Crippen molar-refractivity contribution in [1.29, 1.82) is 0 Å². The van der Waals surface area contributed by atoms with Gasteiger partial charge in [0.05, 0.1) is 13.0 Å². The molecule has 0 unspecified atom stereocenters. The molecule has 0 fully saturated rings. The molecule has 0 aliphatic carbocycles. The van der Waals surface area contributed by atoms with Crippen molar-refractivity contribution in [1.82, 2.24) is 10.6 Å². The normalized spacial score (nSPS) is 10.0. The first-order chi connectivity index (χ1) is 11.6. The molecule has 1 amide bonds. The van der Waals surface area contributed by atoms with Crippen molar-refractivity contribution >= 4 is 29.0 Å². The fourth-order valence-corrected chi connectivity index (χ4v) is 2.38. The second-order valence-electron chi connectivity index (χ2n) is 5.42. The van der Waals surface area contributed by atoms with E-state index in [2.05, 4.69) is 10.6 Å². The van der Waals surface area contributed by atoms with Crippen molar-refractivity contribution in [3.8, 4) is 0 Å². The van der Waals surface area contributed by atoms with Crippen molar-refractivity contribution in [2.24, 2.45) is 0 Å². The van der Waals surface area contributed by atoms with Crippen LogP contribution in [0.2, 0.25) is 0 Å². The predicted octanol–water partition coefficient (Wildman–Crippen LogP) is 2.42. The monoisotopic (exact) mass is 340 g/mol. The lowest BCUT2D eigenvalue weighted by molar-refractivity contribution is -0.119. The largest absolute Gasteiger partial charge is 0.355 e. The number of Topliss-reactive ketones (excluding diaryl/α,β-unsaturated/α-hetero) is 1. The first-order valence-electron chi connectivity index (χ1n) is 7.81. The average Bonchev–Trinajstić information content (AvgIpc) is 2.60. The Bertz CT molecular complexity index is 687. The molecule has 2 N–H and O–H groups in total. The van der Waals surface area contributed by atoms with Gasteiger partial charge in [-0.3, -0.25) is 9.59 Å². The molecule has 0 saturated heterocycles. The van der Waals surface area contributed by atoms with Crippen molar-refractivity contribution < 1.29 is 9.59 Å². The summed E-state index contributed by atoms with van der Waals surface area (Å²) in [5.74, 6) is -0.144. The summed E-state index contributed by atoms with van der Waals surface area (Å²) in [6.45, 7) is 0.122. The number of aryl methyl sites for hydroxylation is 1. The summed E-state index contributed by atoms with van der Waals surface area (Å²) < 4.78 is 0. The van der Waals surface area contributed by atoms with Gasteiger partial charge in [-0.25, -0.2) is 0 Å². The fourth-order valence-electron chi connectivity index (χ4n) is 2.19. The molecule has 0 aliphatic rings. The maximum atomic E-state index is 11.9. The van der Waals surface area contributed by atoms with Gasteiger partial charge in [0.25, 0.3) is 0 Å². The minimum Gasteiger partial charge on any atom is -0.355 e. The molecular formula is C19H20N2O2S. The minimum atomic E-state index is -0.199. The SMILES string of the molecule is O=C(CCc1ccccc1)CNC(=S)NC(=O)Cc1ccccc1. The fraction of sp³-hybridized carbons (Fsp3) is 0.211. The molecule has 0 saturated carbocycles. The van der Waals surface area contributed by atoms with Crippen molar-refractivity contribution in [3.63, 3.8) is 0 Å². The number of nitrogens with one attached hydrogen (secondary N) is 2. The third kappa shape index (κ3) is 6.71. The topological polar surface area (TPSA) is 58.2 Å². The molecule has 0 bridgehead atoms. The summed E-state index contributed by atoms with van der Waals surface area (Å²) in [5.41, 5.74) is 2.04. The third-order valence-electron chi connectivity index (χ3n) is 3.44. The molecule has 2 rings (SSSR count). The number of ketones is 1. The van der Waals surface area contributed by atoms with Gasteiger partial charge in [-0.15, -0.1) is 0 Å². The Morgan fingerprint density at radius 2 is 1.46 bits per heavy atom. The number of hydrogen-bond donors (Lipinski definition) is 2. The highest BCUT2D eigenvalue weighted by Crippen LogP contribution is 2.02. The van der Waals surface area contributed by atoms with E-state index in [1.807, 2.05) is 60.7 Å². The van der Waals surface area contributed by atoms with Gasteiger partial charge >= 0.3 is 0 Å². The van der Waals surface area contributed by atoms with Crippen molar-refractivity contribution in [2.75, 3.05) is 6.54 Å². The van der Waals surface area contributed by atoms with Gasteiger partial charge in [0, 0.05) is 6.42 Å². The van der Waals surface area contributed by atoms with Crippen LogP contribution in [0.4, 0.5) is 0 Å². The third-order valence-corrected chi connectivity index (χ3v) is 3.69. The number of benzene rings is 2. The zero-order valence-electron chi connectivity index (χ0n) is 13.3. The Balaban J connectivity index is 1.65. The van der Waals surface area contributed by atoms with E-state index >= 15 is 0 Å². The number of amides is 1. The van der Waals surface area contributed by atoms with Gasteiger partial charge < -0.3 is 10.6 Å². The van der Waals surface area contributed by atoms with Crippen LogP contribution in [-0.4, -0.2) is 23.3 Å². The van der Waals surface area contributed by atoms with Crippen molar-refractivity contribution in [3.05, 3.63) is 71.8 Å². The van der Waals surface area contributed by atoms with Crippen molar-refractivity contribution in [2.45, 2.75) is 19.3 Å². The summed E-state index contributed by atoms with van der Waals surface area (Å²) in [6, 6.07) is 19.3. The molecule has 5 heteroatoms. The Kier molecular flexibility index (Phi) is 7.11. The Morgan fingerprint density at radius 3 is 2.08 bits per heavy atom. The van der Waals surface area contributed by atoms with E-state index in [0.717, 1.165) is 11.1 Å². The summed E-state index contributed by atoms with van der Waals surface area (Å²) in [7, 11) is 0. The first-order valence-corrected chi connectivity index (χ1v) is 8.21. The molecule has 2 aromatic rings. The van der Waals surface area contributed by atoms with Crippen LogP contribution in [0.3, 0.4) is 0 Å². The van der Waals surface area contributed by atoms with Gasteiger partial charge in [0.15, 0.2) is 10.9 Å². The highest BCUT2D eigenvalue weighted by molar-refractivity contribution is 7.80. The van der Waals surface area contributed by atoms with E-state index < -0.39 is 0 Å². The van der Waals surface area contributed by atoms with Crippen LogP contribution in [0.1, 0.15) is 17.5 Å². The number of thiocarbonyl (C=S) groups is 1. The van der Waals surface area contributed by atoms with Gasteiger partial charge in [-0.2, -0.15) is 0 Å². The second kappa shape index (κ2) is 9.57. The van der Waals surface area contributed by atoms with E-state index in [-0.39, 0.29) is 29.8 Å². The maximum absolute atomic E-state index is 11.9. The zero-order valence-corrected chi connectivity index (χ0v) is 14.1. The molecule has 2 aromatic carbocycles. The number of hydrogen-bond acceptors (Lipinski definition) is 3. The molecule has 0 aromatic heterocycles. The molecule has 4 nitrogen and oxygen atoms in total. The van der Waals surface area contributed by atoms with E-state index in [1.165, 1.54) is 0 Å². The summed E-state index contributed by atoms with van der Waals surface area (Å²) >= 11 is 5.05. The average molecular weight is 340 g/mol. The molecule has 0 atom stereocenters. The Labute approximate surface area is 147 Å². The number of carbonyl (C=O) groups excluding carboxylic acids is 2. The predicted molar refractivity (Wildman–Crippen MR) is 98.7 cm³/mol. The molecule has 0 heterocycles. The quantitative estimate of drug-likeness (QED) is 0.760.